The number of halogens is 1. The molecule has 0 unspecified atom stereocenters. The maximum Gasteiger partial charge on any atom is 0.181 e. The zero-order valence-electron chi connectivity index (χ0n) is 10.9. The normalized spacial score (nSPS) is 12.3. The molecule has 104 valence electrons. The van der Waals surface area contributed by atoms with E-state index in [-0.39, 0.29) is 11.6 Å². The predicted octanol–water partition coefficient (Wildman–Crippen LogP) is 3.78. The highest BCUT2D eigenvalue weighted by Crippen LogP contribution is 2.17. The van der Waals surface area contributed by atoms with Crippen LogP contribution in [0.3, 0.4) is 0 Å². The van der Waals surface area contributed by atoms with Crippen LogP contribution in [-0.2, 0) is 9.84 Å². The summed E-state index contributed by atoms with van der Waals surface area (Å²) >= 11 is 5.91. The summed E-state index contributed by atoms with van der Waals surface area (Å²) in [5.41, 5.74) is 1.78. The maximum atomic E-state index is 12.2. The van der Waals surface area contributed by atoms with Gasteiger partial charge in [-0.2, -0.15) is 0 Å². The Kier molecular flexibility index (Phi) is 4.99. The standard InChI is InChI=1S/C16H15ClO2S/c17-13-15(14-7-3-1-4-8-14)11-12-20(18,19)16-9-5-2-6-10-16/h1-11H,12-13H2/b15-11-. The molecule has 2 aromatic rings. The molecule has 0 radical (unpaired) electrons. The van der Waals surface area contributed by atoms with E-state index < -0.39 is 9.84 Å². The van der Waals surface area contributed by atoms with Crippen molar-refractivity contribution in [3.8, 4) is 0 Å². The van der Waals surface area contributed by atoms with Crippen molar-refractivity contribution in [2.75, 3.05) is 11.6 Å². The van der Waals surface area contributed by atoms with Gasteiger partial charge in [0.15, 0.2) is 9.84 Å². The molecule has 2 rings (SSSR count). The van der Waals surface area contributed by atoms with Gasteiger partial charge < -0.3 is 0 Å². The van der Waals surface area contributed by atoms with Crippen LogP contribution in [-0.4, -0.2) is 20.1 Å². The van der Waals surface area contributed by atoms with Crippen LogP contribution < -0.4 is 0 Å². The van der Waals surface area contributed by atoms with Gasteiger partial charge in [-0.15, -0.1) is 11.6 Å². The summed E-state index contributed by atoms with van der Waals surface area (Å²) in [5.74, 6) is 0.238. The Hall–Kier alpha value is -1.58. The number of allylic oxidation sites excluding steroid dienone is 1. The molecule has 0 atom stereocenters. The smallest absolute Gasteiger partial charge is 0.181 e. The maximum absolute atomic E-state index is 12.2. The molecular formula is C16H15ClO2S. The summed E-state index contributed by atoms with van der Waals surface area (Å²) in [6, 6.07) is 18.0. The third-order valence-corrected chi connectivity index (χ3v) is 4.82. The molecule has 0 fully saturated rings. The van der Waals surface area contributed by atoms with Crippen LogP contribution in [0.15, 0.2) is 71.6 Å². The molecule has 2 nitrogen and oxygen atoms in total. The minimum atomic E-state index is -3.31. The van der Waals surface area contributed by atoms with Gasteiger partial charge in [0.05, 0.1) is 10.6 Å². The number of hydrogen-bond acceptors (Lipinski definition) is 2. The summed E-state index contributed by atoms with van der Waals surface area (Å²) in [6.45, 7) is 0. The molecule has 0 bridgehead atoms. The Labute approximate surface area is 124 Å². The molecule has 0 aromatic heterocycles. The van der Waals surface area contributed by atoms with Crippen molar-refractivity contribution in [1.82, 2.24) is 0 Å². The van der Waals surface area contributed by atoms with Crippen LogP contribution >= 0.6 is 11.6 Å². The van der Waals surface area contributed by atoms with Crippen molar-refractivity contribution in [3.63, 3.8) is 0 Å². The molecule has 4 heteroatoms. The lowest BCUT2D eigenvalue weighted by Gasteiger charge is -2.05. The molecule has 0 heterocycles. The average Bonchev–Trinajstić information content (AvgIpc) is 2.50. The van der Waals surface area contributed by atoms with E-state index in [0.29, 0.717) is 4.90 Å². The molecule has 0 spiro atoms. The fraction of sp³-hybridized carbons (Fsp3) is 0.125. The highest BCUT2D eigenvalue weighted by molar-refractivity contribution is 7.91. The summed E-state index contributed by atoms with van der Waals surface area (Å²) in [5, 5.41) is 0. The topological polar surface area (TPSA) is 34.1 Å². The zero-order valence-corrected chi connectivity index (χ0v) is 12.4. The van der Waals surface area contributed by atoms with Crippen molar-refractivity contribution in [1.29, 1.82) is 0 Å². The van der Waals surface area contributed by atoms with E-state index in [4.69, 9.17) is 11.6 Å². The van der Waals surface area contributed by atoms with Crippen molar-refractivity contribution >= 4 is 27.0 Å². The predicted molar refractivity (Wildman–Crippen MR) is 83.6 cm³/mol. The van der Waals surface area contributed by atoms with Gasteiger partial charge in [-0.3, -0.25) is 0 Å². The number of sulfone groups is 1. The highest BCUT2D eigenvalue weighted by atomic mass is 35.5. The number of rotatable bonds is 5. The Morgan fingerprint density at radius 2 is 1.50 bits per heavy atom. The van der Waals surface area contributed by atoms with Crippen LogP contribution in [0.2, 0.25) is 0 Å². The first-order chi connectivity index (χ1) is 9.63. The molecule has 0 aliphatic carbocycles. The third kappa shape index (κ3) is 3.71. The van der Waals surface area contributed by atoms with Gasteiger partial charge in [0, 0.05) is 5.88 Å². The van der Waals surface area contributed by atoms with Crippen LogP contribution in [0.25, 0.3) is 5.57 Å². The minimum Gasteiger partial charge on any atom is -0.223 e. The van der Waals surface area contributed by atoms with E-state index in [1.54, 1.807) is 36.4 Å². The van der Waals surface area contributed by atoms with Gasteiger partial charge >= 0.3 is 0 Å². The van der Waals surface area contributed by atoms with E-state index in [2.05, 4.69) is 0 Å². The van der Waals surface area contributed by atoms with Gasteiger partial charge in [-0.05, 0) is 23.3 Å². The lowest BCUT2D eigenvalue weighted by molar-refractivity contribution is 0.599. The summed E-state index contributed by atoms with van der Waals surface area (Å²) in [6.07, 6.45) is 1.69. The van der Waals surface area contributed by atoms with Crippen LogP contribution in [0, 0.1) is 0 Å². The lowest BCUT2D eigenvalue weighted by atomic mass is 10.1. The molecule has 0 aliphatic rings. The number of benzene rings is 2. The van der Waals surface area contributed by atoms with E-state index in [1.807, 2.05) is 30.3 Å². The Bertz CT molecular complexity index is 677. The SMILES string of the molecule is O=S(=O)(C/C=C(/CCl)c1ccccc1)c1ccccc1. The van der Waals surface area contributed by atoms with E-state index in [1.165, 1.54) is 0 Å². The molecular weight excluding hydrogens is 292 g/mol. The second-order valence-corrected chi connectivity index (χ2v) is 6.62. The quantitative estimate of drug-likeness (QED) is 0.788. The van der Waals surface area contributed by atoms with Crippen LogP contribution in [0.4, 0.5) is 0 Å². The van der Waals surface area contributed by atoms with Crippen molar-refractivity contribution < 1.29 is 8.42 Å². The molecule has 0 aliphatic heterocycles. The van der Waals surface area contributed by atoms with Crippen molar-refractivity contribution in [3.05, 3.63) is 72.3 Å². The fourth-order valence-corrected chi connectivity index (χ4v) is 3.28. The second-order valence-electron chi connectivity index (χ2n) is 4.32. The third-order valence-electron chi connectivity index (χ3n) is 2.94. The zero-order chi connectivity index (χ0) is 14.4. The van der Waals surface area contributed by atoms with E-state index >= 15 is 0 Å². The summed E-state index contributed by atoms with van der Waals surface area (Å²) < 4.78 is 24.4. The molecule has 0 saturated heterocycles. The molecule has 0 saturated carbocycles. The summed E-state index contributed by atoms with van der Waals surface area (Å²) in [4.78, 5) is 0.332. The first-order valence-corrected chi connectivity index (χ1v) is 8.40. The monoisotopic (exact) mass is 306 g/mol. The molecule has 0 amide bonds. The Morgan fingerprint density at radius 3 is 2.05 bits per heavy atom. The van der Waals surface area contributed by atoms with Crippen LogP contribution in [0.5, 0.6) is 0 Å². The Balaban J connectivity index is 2.23. The number of hydrogen-bond donors (Lipinski definition) is 0. The van der Waals surface area contributed by atoms with E-state index in [0.717, 1.165) is 11.1 Å². The fourth-order valence-electron chi connectivity index (χ4n) is 1.84. The van der Waals surface area contributed by atoms with Gasteiger partial charge in [0.2, 0.25) is 0 Å². The van der Waals surface area contributed by atoms with Crippen molar-refractivity contribution in [2.45, 2.75) is 4.90 Å². The van der Waals surface area contributed by atoms with Gasteiger partial charge in [0.25, 0.3) is 0 Å². The second kappa shape index (κ2) is 6.73. The average molecular weight is 307 g/mol. The Morgan fingerprint density at radius 1 is 0.950 bits per heavy atom. The van der Waals surface area contributed by atoms with Crippen molar-refractivity contribution in [2.24, 2.45) is 0 Å². The molecule has 0 N–H and O–H groups in total. The van der Waals surface area contributed by atoms with Gasteiger partial charge in [-0.25, -0.2) is 8.42 Å². The van der Waals surface area contributed by atoms with E-state index in [9.17, 15) is 8.42 Å². The molecule has 2 aromatic carbocycles. The molecule has 20 heavy (non-hydrogen) atoms. The largest absolute Gasteiger partial charge is 0.223 e. The number of alkyl halides is 1. The van der Waals surface area contributed by atoms with Crippen LogP contribution in [0.1, 0.15) is 5.56 Å². The minimum absolute atomic E-state index is 0.0477. The highest BCUT2D eigenvalue weighted by Gasteiger charge is 2.12. The first-order valence-electron chi connectivity index (χ1n) is 6.22. The summed E-state index contributed by atoms with van der Waals surface area (Å²) in [7, 11) is -3.31. The first kappa shape index (κ1) is 14.8. The van der Waals surface area contributed by atoms with Gasteiger partial charge in [0.1, 0.15) is 0 Å². The van der Waals surface area contributed by atoms with Gasteiger partial charge in [-0.1, -0.05) is 54.6 Å². The lowest BCUT2D eigenvalue weighted by Crippen LogP contribution is -2.05.